The zero-order valence-electron chi connectivity index (χ0n) is 36.5. The van der Waals surface area contributed by atoms with Gasteiger partial charge in [0.25, 0.3) is 0 Å². The molecule has 0 amide bonds. The summed E-state index contributed by atoms with van der Waals surface area (Å²) in [6.45, 7) is 11.6. The van der Waals surface area contributed by atoms with Crippen molar-refractivity contribution < 1.29 is 0 Å². The van der Waals surface area contributed by atoms with Gasteiger partial charge in [-0.15, -0.1) is 11.3 Å². The summed E-state index contributed by atoms with van der Waals surface area (Å²) in [5.74, 6) is 0. The molecule has 0 fully saturated rings. The Morgan fingerprint density at radius 2 is 0.984 bits per heavy atom. The van der Waals surface area contributed by atoms with Crippen LogP contribution in [0, 0.1) is 0 Å². The van der Waals surface area contributed by atoms with E-state index in [2.05, 4.69) is 246 Å². The van der Waals surface area contributed by atoms with Gasteiger partial charge in [0.05, 0.1) is 11.4 Å². The van der Waals surface area contributed by atoms with E-state index in [0.29, 0.717) is 0 Å². The molecule has 9 aromatic carbocycles. The van der Waals surface area contributed by atoms with Crippen LogP contribution in [-0.2, 0) is 10.8 Å². The largest absolute Gasteiger partial charge is 0.309 e. The standard InChI is InChI=1S/C61H49NS/c1-60(2,3)44-33-35-45(36-34-44)62(54-29-13-10-22-46(54)42-32-37-48-47-23-11-14-31-56(47)63-57(48)39-42)55-30-17-26-49(58(55)43-21-15-20-41(38-43)40-18-7-6-8-19-40)50-25-16-28-53-59(50)51-24-9-12-27-52(51)61(53,4)5/h6-39H,1-5H3. The zero-order valence-corrected chi connectivity index (χ0v) is 37.3. The molecule has 1 aliphatic rings. The lowest BCUT2D eigenvalue weighted by molar-refractivity contribution is 0.590. The van der Waals surface area contributed by atoms with Crippen molar-refractivity contribution in [1.82, 2.24) is 0 Å². The summed E-state index contributed by atoms with van der Waals surface area (Å²) in [7, 11) is 0. The molecular weight excluding hydrogens is 779 g/mol. The minimum Gasteiger partial charge on any atom is -0.309 e. The van der Waals surface area contributed by atoms with Crippen LogP contribution in [-0.4, -0.2) is 0 Å². The number of fused-ring (bicyclic) bond motifs is 6. The Morgan fingerprint density at radius 1 is 0.397 bits per heavy atom. The summed E-state index contributed by atoms with van der Waals surface area (Å²) >= 11 is 1.87. The highest BCUT2D eigenvalue weighted by atomic mass is 32.1. The highest BCUT2D eigenvalue weighted by Gasteiger charge is 2.37. The molecule has 304 valence electrons. The smallest absolute Gasteiger partial charge is 0.0546 e. The van der Waals surface area contributed by atoms with Crippen molar-refractivity contribution in [3.05, 3.63) is 223 Å². The number of hydrogen-bond donors (Lipinski definition) is 0. The lowest BCUT2D eigenvalue weighted by Gasteiger charge is -2.32. The van der Waals surface area contributed by atoms with E-state index in [1.165, 1.54) is 92.5 Å². The van der Waals surface area contributed by atoms with Crippen LogP contribution < -0.4 is 4.90 Å². The zero-order chi connectivity index (χ0) is 42.9. The quantitative estimate of drug-likeness (QED) is 0.155. The van der Waals surface area contributed by atoms with E-state index in [9.17, 15) is 0 Å². The van der Waals surface area contributed by atoms with Gasteiger partial charge in [-0.1, -0.05) is 198 Å². The molecule has 0 atom stereocenters. The van der Waals surface area contributed by atoms with Crippen molar-refractivity contribution in [3.8, 4) is 55.6 Å². The summed E-state index contributed by atoms with van der Waals surface area (Å²) in [4.78, 5) is 2.52. The maximum atomic E-state index is 2.52. The van der Waals surface area contributed by atoms with Gasteiger partial charge in [-0.05, 0) is 109 Å². The normalized spacial score (nSPS) is 13.0. The van der Waals surface area contributed by atoms with Crippen LogP contribution in [0.15, 0.2) is 206 Å². The number of thiophene rings is 1. The fraction of sp³-hybridized carbons (Fsp3) is 0.115. The molecule has 2 heteroatoms. The van der Waals surface area contributed by atoms with Gasteiger partial charge in [0.2, 0.25) is 0 Å². The van der Waals surface area contributed by atoms with E-state index < -0.39 is 0 Å². The second kappa shape index (κ2) is 15.1. The highest BCUT2D eigenvalue weighted by molar-refractivity contribution is 7.25. The molecule has 0 aliphatic heterocycles. The summed E-state index contributed by atoms with van der Waals surface area (Å²) in [5.41, 5.74) is 19.6. The van der Waals surface area contributed by atoms with Crippen LogP contribution in [0.2, 0.25) is 0 Å². The predicted octanol–water partition coefficient (Wildman–Crippen LogP) is 17.8. The predicted molar refractivity (Wildman–Crippen MR) is 272 cm³/mol. The van der Waals surface area contributed by atoms with Gasteiger partial charge in [-0.2, -0.15) is 0 Å². The lowest BCUT2D eigenvalue weighted by atomic mass is 9.81. The fourth-order valence-corrected chi connectivity index (χ4v) is 11.2. The molecule has 0 N–H and O–H groups in total. The number of hydrogen-bond acceptors (Lipinski definition) is 2. The van der Waals surface area contributed by atoms with Crippen LogP contribution in [0.1, 0.15) is 51.3 Å². The Labute approximate surface area is 375 Å². The molecule has 1 aromatic heterocycles. The van der Waals surface area contributed by atoms with E-state index in [-0.39, 0.29) is 10.8 Å². The van der Waals surface area contributed by atoms with E-state index in [1.807, 2.05) is 11.3 Å². The van der Waals surface area contributed by atoms with E-state index in [0.717, 1.165) is 17.1 Å². The molecule has 0 unspecified atom stereocenters. The summed E-state index contributed by atoms with van der Waals surface area (Å²) < 4.78 is 2.61. The number of benzene rings is 9. The van der Waals surface area contributed by atoms with Gasteiger partial charge in [-0.25, -0.2) is 0 Å². The minimum atomic E-state index is -0.123. The van der Waals surface area contributed by atoms with Crippen molar-refractivity contribution in [3.63, 3.8) is 0 Å². The first-order chi connectivity index (χ1) is 30.6. The Kier molecular flexibility index (Phi) is 9.33. The topological polar surface area (TPSA) is 3.24 Å². The van der Waals surface area contributed by atoms with Gasteiger partial charge in [0.1, 0.15) is 0 Å². The highest BCUT2D eigenvalue weighted by Crippen LogP contribution is 2.55. The van der Waals surface area contributed by atoms with Crippen LogP contribution in [0.3, 0.4) is 0 Å². The van der Waals surface area contributed by atoms with E-state index in [4.69, 9.17) is 0 Å². The summed E-state index contributed by atoms with van der Waals surface area (Å²) in [5, 5.41) is 2.62. The molecule has 0 spiro atoms. The van der Waals surface area contributed by atoms with Crippen molar-refractivity contribution in [2.24, 2.45) is 0 Å². The van der Waals surface area contributed by atoms with Gasteiger partial charge in [0, 0.05) is 42.4 Å². The summed E-state index contributed by atoms with van der Waals surface area (Å²) in [6, 6.07) is 76.9. The third-order valence-corrected chi connectivity index (χ3v) is 14.4. The second-order valence-electron chi connectivity index (χ2n) is 18.5. The van der Waals surface area contributed by atoms with Gasteiger partial charge >= 0.3 is 0 Å². The van der Waals surface area contributed by atoms with Crippen LogP contribution in [0.25, 0.3) is 75.8 Å². The number of para-hydroxylation sites is 1. The first kappa shape index (κ1) is 38.9. The van der Waals surface area contributed by atoms with Crippen LogP contribution in [0.5, 0.6) is 0 Å². The van der Waals surface area contributed by atoms with E-state index in [1.54, 1.807) is 0 Å². The van der Waals surface area contributed by atoms with Crippen LogP contribution in [0.4, 0.5) is 17.1 Å². The molecule has 0 saturated carbocycles. The van der Waals surface area contributed by atoms with E-state index >= 15 is 0 Å². The number of anilines is 3. The Hall–Kier alpha value is -7.00. The third kappa shape index (κ3) is 6.60. The van der Waals surface area contributed by atoms with Gasteiger partial charge in [0.15, 0.2) is 0 Å². The Balaban J connectivity index is 1.21. The molecule has 0 saturated heterocycles. The molecule has 10 aromatic rings. The molecule has 0 radical (unpaired) electrons. The average molecular weight is 828 g/mol. The number of rotatable bonds is 7. The molecular formula is C61H49NS. The monoisotopic (exact) mass is 827 g/mol. The lowest BCUT2D eigenvalue weighted by Crippen LogP contribution is -2.15. The number of nitrogens with zero attached hydrogens (tertiary/aromatic N) is 1. The first-order valence-corrected chi connectivity index (χ1v) is 22.9. The second-order valence-corrected chi connectivity index (χ2v) is 19.6. The minimum absolute atomic E-state index is 0.0155. The third-order valence-electron chi connectivity index (χ3n) is 13.3. The fourth-order valence-electron chi connectivity index (χ4n) is 10.0. The van der Waals surface area contributed by atoms with Crippen molar-refractivity contribution in [2.45, 2.75) is 45.4 Å². The van der Waals surface area contributed by atoms with Crippen molar-refractivity contribution >= 4 is 48.6 Å². The molecule has 1 aliphatic carbocycles. The first-order valence-electron chi connectivity index (χ1n) is 22.1. The molecule has 11 rings (SSSR count). The molecule has 0 bridgehead atoms. The molecule has 1 nitrogen and oxygen atoms in total. The SMILES string of the molecule is CC(C)(C)c1ccc(N(c2ccccc2-c2ccc3c(c2)sc2ccccc23)c2cccc(-c3cccc4c3-c3ccccc3C4(C)C)c2-c2cccc(-c3ccccc3)c2)cc1. The van der Waals surface area contributed by atoms with Gasteiger partial charge in [-0.3, -0.25) is 0 Å². The Bertz CT molecular complexity index is 3340. The maximum Gasteiger partial charge on any atom is 0.0546 e. The van der Waals surface area contributed by atoms with Crippen LogP contribution >= 0.6 is 11.3 Å². The summed E-state index contributed by atoms with van der Waals surface area (Å²) in [6.07, 6.45) is 0. The van der Waals surface area contributed by atoms with Crippen molar-refractivity contribution in [1.29, 1.82) is 0 Å². The van der Waals surface area contributed by atoms with Crippen molar-refractivity contribution in [2.75, 3.05) is 4.90 Å². The van der Waals surface area contributed by atoms with Gasteiger partial charge < -0.3 is 4.90 Å². The Morgan fingerprint density at radius 3 is 1.79 bits per heavy atom. The molecule has 1 heterocycles. The average Bonchev–Trinajstić information content (AvgIpc) is 3.80. The molecule has 63 heavy (non-hydrogen) atoms. The maximum absolute atomic E-state index is 2.52.